The molecule has 0 saturated carbocycles. The van der Waals surface area contributed by atoms with Crippen molar-refractivity contribution in [1.82, 2.24) is 0 Å². The third kappa shape index (κ3) is 5.67. The van der Waals surface area contributed by atoms with Gasteiger partial charge >= 0.3 is 5.97 Å². The topological polar surface area (TPSA) is 66.5 Å². The summed E-state index contributed by atoms with van der Waals surface area (Å²) >= 11 is 0. The van der Waals surface area contributed by atoms with Crippen LogP contribution in [0.4, 0.5) is 0 Å². The summed E-state index contributed by atoms with van der Waals surface area (Å²) in [4.78, 5) is 11.7. The Morgan fingerprint density at radius 3 is 2.32 bits per heavy atom. The first-order valence-corrected chi connectivity index (χ1v) is 8.19. The van der Waals surface area contributed by atoms with Crippen LogP contribution in [0.1, 0.15) is 26.3 Å². The van der Waals surface area contributed by atoms with Crippen molar-refractivity contribution >= 4 is 12.0 Å². The van der Waals surface area contributed by atoms with E-state index in [1.807, 2.05) is 39.0 Å². The molecule has 1 heterocycles. The molecule has 138 valence electrons. The molecule has 6 heteroatoms. The summed E-state index contributed by atoms with van der Waals surface area (Å²) in [5.74, 6) is 1.47. The molecule has 6 nitrogen and oxygen atoms in total. The molecule has 2 rings (SSSR count). The van der Waals surface area contributed by atoms with Crippen LogP contribution in [0.3, 0.4) is 0 Å². The van der Waals surface area contributed by atoms with Gasteiger partial charge in [0.2, 0.25) is 5.75 Å². The third-order valence-electron chi connectivity index (χ3n) is 3.53. The minimum absolute atomic E-state index is 0.145. The number of methoxy groups -OCH3 is 2. The van der Waals surface area contributed by atoms with Crippen molar-refractivity contribution in [3.8, 4) is 17.2 Å². The van der Waals surface area contributed by atoms with Crippen molar-refractivity contribution in [3.05, 3.63) is 23.8 Å². The van der Waals surface area contributed by atoms with Crippen molar-refractivity contribution < 1.29 is 28.5 Å². The lowest BCUT2D eigenvalue weighted by Crippen LogP contribution is -2.22. The lowest BCUT2D eigenvalue weighted by Gasteiger charge is -2.15. The van der Waals surface area contributed by atoms with E-state index in [-0.39, 0.29) is 18.7 Å². The second-order valence-corrected chi connectivity index (χ2v) is 6.77. The summed E-state index contributed by atoms with van der Waals surface area (Å²) in [6.45, 7) is 6.85. The SMILES string of the molecule is COc1cc(/C=C/COC(=O)C(C)(C)C)cc(OC)c1OCC1CO1. The van der Waals surface area contributed by atoms with E-state index in [1.54, 1.807) is 20.3 Å². The number of rotatable bonds is 8. The van der Waals surface area contributed by atoms with E-state index in [0.29, 0.717) is 23.9 Å². The van der Waals surface area contributed by atoms with Gasteiger partial charge in [-0.05, 0) is 44.5 Å². The summed E-state index contributed by atoms with van der Waals surface area (Å²) in [6.07, 6.45) is 3.76. The van der Waals surface area contributed by atoms with Gasteiger partial charge in [0, 0.05) is 0 Å². The van der Waals surface area contributed by atoms with Crippen molar-refractivity contribution in [2.24, 2.45) is 5.41 Å². The molecule has 0 aromatic heterocycles. The first-order chi connectivity index (χ1) is 11.8. The van der Waals surface area contributed by atoms with Crippen molar-refractivity contribution in [1.29, 1.82) is 0 Å². The number of benzene rings is 1. The van der Waals surface area contributed by atoms with E-state index in [4.69, 9.17) is 23.7 Å². The molecule has 1 unspecified atom stereocenters. The zero-order valence-electron chi connectivity index (χ0n) is 15.5. The quantitative estimate of drug-likeness (QED) is 0.530. The lowest BCUT2D eigenvalue weighted by molar-refractivity contribution is -0.151. The van der Waals surface area contributed by atoms with Gasteiger partial charge in [-0.3, -0.25) is 4.79 Å². The summed E-state index contributed by atoms with van der Waals surface area (Å²) in [5, 5.41) is 0. The van der Waals surface area contributed by atoms with Crippen LogP contribution >= 0.6 is 0 Å². The first-order valence-electron chi connectivity index (χ1n) is 8.19. The van der Waals surface area contributed by atoms with Gasteiger partial charge in [0.1, 0.15) is 19.3 Å². The first kappa shape index (κ1) is 19.1. The Morgan fingerprint density at radius 2 is 1.84 bits per heavy atom. The molecule has 1 atom stereocenters. The Labute approximate surface area is 148 Å². The molecule has 1 fully saturated rings. The second-order valence-electron chi connectivity index (χ2n) is 6.77. The summed E-state index contributed by atoms with van der Waals surface area (Å²) in [5.41, 5.74) is 0.348. The molecule has 0 N–H and O–H groups in total. The van der Waals surface area contributed by atoms with Gasteiger partial charge < -0.3 is 23.7 Å². The molecule has 0 radical (unpaired) electrons. The van der Waals surface area contributed by atoms with Crippen LogP contribution in [-0.4, -0.2) is 46.1 Å². The average Bonchev–Trinajstić information content (AvgIpc) is 3.39. The summed E-state index contributed by atoms with van der Waals surface area (Å²) < 4.78 is 26.9. The van der Waals surface area contributed by atoms with Gasteiger partial charge in [0.25, 0.3) is 0 Å². The largest absolute Gasteiger partial charge is 0.493 e. The Kier molecular flexibility index (Phi) is 6.31. The predicted molar refractivity (Wildman–Crippen MR) is 94.2 cm³/mol. The van der Waals surface area contributed by atoms with Gasteiger partial charge in [-0.2, -0.15) is 0 Å². The maximum absolute atomic E-state index is 11.7. The molecule has 1 aliphatic heterocycles. The van der Waals surface area contributed by atoms with E-state index in [1.165, 1.54) is 0 Å². The molecule has 1 aromatic carbocycles. The highest BCUT2D eigenvalue weighted by atomic mass is 16.6. The smallest absolute Gasteiger partial charge is 0.311 e. The standard InChI is InChI=1S/C19H26O6/c1-19(2,3)18(20)23-8-6-7-13-9-15(21-4)17(16(10-13)22-5)25-12-14-11-24-14/h6-7,9-10,14H,8,11-12H2,1-5H3/b7-6+. The predicted octanol–water partition coefficient (Wildman–Crippen LogP) is 3.08. The maximum atomic E-state index is 11.7. The molecule has 25 heavy (non-hydrogen) atoms. The Balaban J connectivity index is 2.04. The summed E-state index contributed by atoms with van der Waals surface area (Å²) in [7, 11) is 3.15. The van der Waals surface area contributed by atoms with Crippen LogP contribution in [0.2, 0.25) is 0 Å². The molecule has 1 aliphatic rings. The second kappa shape index (κ2) is 8.25. The maximum Gasteiger partial charge on any atom is 0.311 e. The molecular formula is C19H26O6. The molecule has 0 spiro atoms. The number of carbonyl (C=O) groups is 1. The van der Waals surface area contributed by atoms with Crippen molar-refractivity contribution in [3.63, 3.8) is 0 Å². The number of esters is 1. The van der Waals surface area contributed by atoms with E-state index in [0.717, 1.165) is 12.2 Å². The van der Waals surface area contributed by atoms with Gasteiger partial charge in [-0.15, -0.1) is 0 Å². The van der Waals surface area contributed by atoms with Crippen molar-refractivity contribution in [2.45, 2.75) is 26.9 Å². The van der Waals surface area contributed by atoms with E-state index < -0.39 is 5.41 Å². The van der Waals surface area contributed by atoms with Gasteiger partial charge in [0.15, 0.2) is 11.5 Å². The fraction of sp³-hybridized carbons (Fsp3) is 0.526. The number of hydrogen-bond donors (Lipinski definition) is 0. The lowest BCUT2D eigenvalue weighted by atomic mass is 9.97. The van der Waals surface area contributed by atoms with Crippen LogP contribution in [0.5, 0.6) is 17.2 Å². The van der Waals surface area contributed by atoms with Gasteiger partial charge in [-0.25, -0.2) is 0 Å². The highest BCUT2D eigenvalue weighted by Gasteiger charge is 2.25. The molecule has 0 bridgehead atoms. The van der Waals surface area contributed by atoms with E-state index in [9.17, 15) is 4.79 Å². The molecule has 0 aliphatic carbocycles. The zero-order chi connectivity index (χ0) is 18.4. The van der Waals surface area contributed by atoms with Crippen LogP contribution < -0.4 is 14.2 Å². The van der Waals surface area contributed by atoms with E-state index >= 15 is 0 Å². The zero-order valence-corrected chi connectivity index (χ0v) is 15.5. The van der Waals surface area contributed by atoms with Crippen molar-refractivity contribution in [2.75, 3.05) is 34.0 Å². The van der Waals surface area contributed by atoms with Crippen LogP contribution in [0.25, 0.3) is 6.08 Å². The van der Waals surface area contributed by atoms with Crippen LogP contribution in [0, 0.1) is 5.41 Å². The minimum atomic E-state index is -0.509. The molecule has 0 amide bonds. The number of ether oxygens (including phenoxy) is 5. The fourth-order valence-corrected chi connectivity index (χ4v) is 2.00. The summed E-state index contributed by atoms with van der Waals surface area (Å²) in [6, 6.07) is 3.68. The molecule has 1 saturated heterocycles. The number of epoxide rings is 1. The van der Waals surface area contributed by atoms with Crippen LogP contribution in [0.15, 0.2) is 18.2 Å². The Bertz CT molecular complexity index is 600. The van der Waals surface area contributed by atoms with Gasteiger partial charge in [-0.1, -0.05) is 6.08 Å². The highest BCUT2D eigenvalue weighted by molar-refractivity contribution is 5.75. The molecule has 1 aromatic rings. The molecular weight excluding hydrogens is 324 g/mol. The normalized spacial score (nSPS) is 16.6. The fourth-order valence-electron chi connectivity index (χ4n) is 2.00. The van der Waals surface area contributed by atoms with E-state index in [2.05, 4.69) is 0 Å². The third-order valence-corrected chi connectivity index (χ3v) is 3.53. The number of carbonyl (C=O) groups excluding carboxylic acids is 1. The van der Waals surface area contributed by atoms with Gasteiger partial charge in [0.05, 0.1) is 26.2 Å². The Morgan fingerprint density at radius 1 is 1.24 bits per heavy atom. The highest BCUT2D eigenvalue weighted by Crippen LogP contribution is 2.39. The monoisotopic (exact) mass is 350 g/mol. The number of hydrogen-bond acceptors (Lipinski definition) is 6. The average molecular weight is 350 g/mol. The van der Waals surface area contributed by atoms with Crippen LogP contribution in [-0.2, 0) is 14.3 Å². The minimum Gasteiger partial charge on any atom is -0.493 e. The Hall–Kier alpha value is -2.21.